The Morgan fingerprint density at radius 1 is 1.50 bits per heavy atom. The highest BCUT2D eigenvalue weighted by Crippen LogP contribution is 2.26. The minimum atomic E-state index is -0.833. The minimum Gasteiger partial charge on any atom is -0.478 e. The molecule has 1 unspecified atom stereocenters. The molecule has 0 saturated carbocycles. The van der Waals surface area contributed by atoms with E-state index in [9.17, 15) is 4.79 Å². The molecule has 0 fully saturated rings. The van der Waals surface area contributed by atoms with Crippen LogP contribution in [0.1, 0.15) is 27.9 Å². The van der Waals surface area contributed by atoms with Crippen LogP contribution in [0.25, 0.3) is 0 Å². The van der Waals surface area contributed by atoms with Gasteiger partial charge >= 0.3 is 5.97 Å². The third kappa shape index (κ3) is 2.25. The summed E-state index contributed by atoms with van der Waals surface area (Å²) < 4.78 is 0. The Morgan fingerprint density at radius 3 is 3.00 bits per heavy atom. The van der Waals surface area contributed by atoms with E-state index in [2.05, 4.69) is 5.32 Å². The molecule has 0 radical (unpaired) electrons. The number of rotatable bonds is 3. The number of carbonyl (C=O) groups is 1. The van der Waals surface area contributed by atoms with E-state index < -0.39 is 5.97 Å². The molecule has 16 heavy (non-hydrogen) atoms. The van der Waals surface area contributed by atoms with Crippen molar-refractivity contribution in [1.82, 2.24) is 5.32 Å². The molecule has 1 aromatic carbocycles. The van der Waals surface area contributed by atoms with E-state index >= 15 is 0 Å². The zero-order valence-electron chi connectivity index (χ0n) is 9.49. The molecule has 0 aliphatic heterocycles. The van der Waals surface area contributed by atoms with Gasteiger partial charge in [0.25, 0.3) is 0 Å². The first-order valence-corrected chi connectivity index (χ1v) is 5.70. The molecule has 0 heterocycles. The Bertz CT molecular complexity index is 401. The van der Waals surface area contributed by atoms with Crippen molar-refractivity contribution in [2.45, 2.75) is 19.3 Å². The average Bonchev–Trinajstić information content (AvgIpc) is 2.28. The van der Waals surface area contributed by atoms with Crippen molar-refractivity contribution in [3.63, 3.8) is 0 Å². The van der Waals surface area contributed by atoms with Crippen LogP contribution in [0.2, 0.25) is 0 Å². The van der Waals surface area contributed by atoms with E-state index in [0.29, 0.717) is 11.5 Å². The van der Waals surface area contributed by atoms with Gasteiger partial charge in [-0.05, 0) is 62.0 Å². The third-order valence-electron chi connectivity index (χ3n) is 3.28. The van der Waals surface area contributed by atoms with Crippen molar-refractivity contribution in [2.24, 2.45) is 5.92 Å². The average molecular weight is 219 g/mol. The van der Waals surface area contributed by atoms with Crippen molar-refractivity contribution in [3.8, 4) is 0 Å². The Morgan fingerprint density at radius 2 is 2.31 bits per heavy atom. The Labute approximate surface area is 95.5 Å². The lowest BCUT2D eigenvalue weighted by atomic mass is 9.83. The summed E-state index contributed by atoms with van der Waals surface area (Å²) in [6.45, 7) is 1.04. The fraction of sp³-hybridized carbons (Fsp3) is 0.462. The van der Waals surface area contributed by atoms with Gasteiger partial charge < -0.3 is 10.4 Å². The number of aryl methyl sites for hydroxylation is 1. The maximum absolute atomic E-state index is 10.8. The van der Waals surface area contributed by atoms with Crippen LogP contribution in [-0.4, -0.2) is 24.7 Å². The number of aromatic carboxylic acids is 1. The van der Waals surface area contributed by atoms with Gasteiger partial charge in [-0.25, -0.2) is 4.79 Å². The molecule has 2 rings (SSSR count). The van der Waals surface area contributed by atoms with Gasteiger partial charge in [0.15, 0.2) is 0 Å². The predicted octanol–water partition coefficient (Wildman–Crippen LogP) is 1.71. The molecule has 0 spiro atoms. The summed E-state index contributed by atoms with van der Waals surface area (Å²) in [7, 11) is 1.98. The fourth-order valence-corrected chi connectivity index (χ4v) is 2.43. The predicted molar refractivity (Wildman–Crippen MR) is 62.8 cm³/mol. The van der Waals surface area contributed by atoms with Gasteiger partial charge in [0.2, 0.25) is 0 Å². The molecule has 3 heteroatoms. The summed E-state index contributed by atoms with van der Waals surface area (Å²) in [6, 6.07) is 5.51. The van der Waals surface area contributed by atoms with Crippen LogP contribution in [0.3, 0.4) is 0 Å². The smallest absolute Gasteiger partial charge is 0.335 e. The molecule has 2 N–H and O–H groups in total. The zero-order chi connectivity index (χ0) is 11.5. The number of hydrogen-bond acceptors (Lipinski definition) is 2. The molecule has 1 aliphatic rings. The standard InChI is InChI=1S/C13H17NO2/c1-14-8-9-2-3-11-7-12(13(15)16)5-4-10(11)6-9/h4-5,7,9,14H,2-3,6,8H2,1H3,(H,15,16). The largest absolute Gasteiger partial charge is 0.478 e. The lowest BCUT2D eigenvalue weighted by Gasteiger charge is -2.24. The second-order valence-corrected chi connectivity index (χ2v) is 4.46. The van der Waals surface area contributed by atoms with E-state index in [-0.39, 0.29) is 0 Å². The van der Waals surface area contributed by atoms with Crippen LogP contribution in [0.5, 0.6) is 0 Å². The van der Waals surface area contributed by atoms with Crippen LogP contribution in [0, 0.1) is 5.92 Å². The maximum Gasteiger partial charge on any atom is 0.335 e. The second kappa shape index (κ2) is 4.66. The summed E-state index contributed by atoms with van der Waals surface area (Å²) in [5.41, 5.74) is 2.94. The summed E-state index contributed by atoms with van der Waals surface area (Å²) in [4.78, 5) is 10.8. The molecule has 1 aliphatic carbocycles. The Hall–Kier alpha value is -1.35. The van der Waals surface area contributed by atoms with Gasteiger partial charge in [-0.15, -0.1) is 0 Å². The minimum absolute atomic E-state index is 0.408. The van der Waals surface area contributed by atoms with Gasteiger partial charge in [-0.2, -0.15) is 0 Å². The lowest BCUT2D eigenvalue weighted by Crippen LogP contribution is -2.24. The SMILES string of the molecule is CNCC1CCc2cc(C(=O)O)ccc2C1. The van der Waals surface area contributed by atoms with Crippen LogP contribution < -0.4 is 5.32 Å². The van der Waals surface area contributed by atoms with Crippen molar-refractivity contribution in [2.75, 3.05) is 13.6 Å². The third-order valence-corrected chi connectivity index (χ3v) is 3.28. The van der Waals surface area contributed by atoms with E-state index in [0.717, 1.165) is 25.8 Å². The number of carboxylic acid groups (broad SMARTS) is 1. The summed E-state index contributed by atoms with van der Waals surface area (Å²) >= 11 is 0. The van der Waals surface area contributed by atoms with Gasteiger partial charge in [0.1, 0.15) is 0 Å². The molecular formula is C13H17NO2. The van der Waals surface area contributed by atoms with Crippen molar-refractivity contribution >= 4 is 5.97 Å². The van der Waals surface area contributed by atoms with Crippen LogP contribution in [0.15, 0.2) is 18.2 Å². The lowest BCUT2D eigenvalue weighted by molar-refractivity contribution is 0.0696. The number of fused-ring (bicyclic) bond motifs is 1. The first kappa shape index (κ1) is 11.1. The second-order valence-electron chi connectivity index (χ2n) is 4.46. The van der Waals surface area contributed by atoms with Gasteiger partial charge in [-0.3, -0.25) is 0 Å². The molecule has 3 nitrogen and oxygen atoms in total. The molecule has 0 bridgehead atoms. The topological polar surface area (TPSA) is 49.3 Å². The van der Waals surface area contributed by atoms with Crippen molar-refractivity contribution in [3.05, 3.63) is 34.9 Å². The molecule has 1 atom stereocenters. The summed E-state index contributed by atoms with van der Waals surface area (Å²) in [5.74, 6) is -0.145. The van der Waals surface area contributed by atoms with Crippen molar-refractivity contribution < 1.29 is 9.90 Å². The first-order chi connectivity index (χ1) is 7.70. The number of carboxylic acids is 1. The molecule has 0 saturated heterocycles. The fourth-order valence-electron chi connectivity index (χ4n) is 2.43. The number of hydrogen-bond donors (Lipinski definition) is 2. The van der Waals surface area contributed by atoms with E-state index in [1.807, 2.05) is 19.2 Å². The highest BCUT2D eigenvalue weighted by Gasteiger charge is 2.18. The van der Waals surface area contributed by atoms with Crippen molar-refractivity contribution in [1.29, 1.82) is 0 Å². The van der Waals surface area contributed by atoms with Crippen LogP contribution in [-0.2, 0) is 12.8 Å². The monoisotopic (exact) mass is 219 g/mol. The number of nitrogens with one attached hydrogen (secondary N) is 1. The highest BCUT2D eigenvalue weighted by atomic mass is 16.4. The first-order valence-electron chi connectivity index (χ1n) is 5.70. The highest BCUT2D eigenvalue weighted by molar-refractivity contribution is 5.87. The summed E-state index contributed by atoms with van der Waals surface area (Å²) in [6.07, 6.45) is 3.22. The molecule has 0 amide bonds. The van der Waals surface area contributed by atoms with Gasteiger partial charge in [0, 0.05) is 0 Å². The normalized spacial score (nSPS) is 19.2. The van der Waals surface area contributed by atoms with Gasteiger partial charge in [-0.1, -0.05) is 6.07 Å². The van der Waals surface area contributed by atoms with Crippen LogP contribution in [0.4, 0.5) is 0 Å². The molecular weight excluding hydrogens is 202 g/mol. The van der Waals surface area contributed by atoms with E-state index in [1.54, 1.807) is 6.07 Å². The summed E-state index contributed by atoms with van der Waals surface area (Å²) in [5, 5.41) is 12.1. The zero-order valence-corrected chi connectivity index (χ0v) is 9.49. The van der Waals surface area contributed by atoms with E-state index in [4.69, 9.17) is 5.11 Å². The molecule has 86 valence electrons. The van der Waals surface area contributed by atoms with Crippen LogP contribution >= 0.6 is 0 Å². The molecule has 1 aromatic rings. The Kier molecular flexibility index (Phi) is 3.25. The maximum atomic E-state index is 10.8. The molecule has 0 aromatic heterocycles. The van der Waals surface area contributed by atoms with Gasteiger partial charge in [0.05, 0.1) is 5.56 Å². The van der Waals surface area contributed by atoms with E-state index in [1.165, 1.54) is 11.1 Å². The quantitative estimate of drug-likeness (QED) is 0.813. The Balaban J connectivity index is 2.19. The number of benzene rings is 1.